The molecular formula is C27H20N4O5S. The van der Waals surface area contributed by atoms with Crippen molar-refractivity contribution in [2.75, 3.05) is 10.6 Å². The lowest BCUT2D eigenvalue weighted by Crippen LogP contribution is -2.33. The number of hydrogen-bond donors (Lipinski definition) is 3. The van der Waals surface area contributed by atoms with Crippen molar-refractivity contribution >= 4 is 52.6 Å². The van der Waals surface area contributed by atoms with E-state index in [0.717, 1.165) is 0 Å². The highest BCUT2D eigenvalue weighted by Gasteiger charge is 2.18. The molecule has 37 heavy (non-hydrogen) atoms. The fourth-order valence-electron chi connectivity index (χ4n) is 3.08. The van der Waals surface area contributed by atoms with Gasteiger partial charge in [-0.15, -0.1) is 11.3 Å². The van der Waals surface area contributed by atoms with Gasteiger partial charge in [0.25, 0.3) is 5.91 Å². The van der Waals surface area contributed by atoms with Crippen molar-refractivity contribution in [2.24, 2.45) is 5.10 Å². The number of carbonyl (C=O) groups excluding carboxylic acids is 4. The van der Waals surface area contributed by atoms with E-state index in [4.69, 9.17) is 4.74 Å². The van der Waals surface area contributed by atoms with Gasteiger partial charge in [0, 0.05) is 5.69 Å². The number of para-hydroxylation sites is 2. The molecule has 4 aromatic rings. The summed E-state index contributed by atoms with van der Waals surface area (Å²) in [5.74, 6) is -2.54. The molecule has 0 aliphatic heterocycles. The normalized spacial score (nSPS) is 10.5. The van der Waals surface area contributed by atoms with Crippen LogP contribution in [-0.4, -0.2) is 29.9 Å². The van der Waals surface area contributed by atoms with E-state index in [0.29, 0.717) is 21.9 Å². The molecule has 0 saturated heterocycles. The maximum Gasteiger partial charge on any atom is 0.353 e. The molecule has 0 aliphatic rings. The van der Waals surface area contributed by atoms with Crippen LogP contribution in [0.1, 0.15) is 25.6 Å². The molecular weight excluding hydrogens is 492 g/mol. The highest BCUT2D eigenvalue weighted by molar-refractivity contribution is 7.12. The third-order valence-corrected chi connectivity index (χ3v) is 5.70. The molecule has 0 aliphatic carbocycles. The number of anilines is 2. The molecule has 4 rings (SSSR count). The first-order valence-corrected chi connectivity index (χ1v) is 11.8. The largest absolute Gasteiger partial charge is 0.422 e. The fraction of sp³-hybridized carbons (Fsp3) is 0. The van der Waals surface area contributed by atoms with Crippen LogP contribution < -0.4 is 20.8 Å². The minimum Gasteiger partial charge on any atom is -0.422 e. The lowest BCUT2D eigenvalue weighted by Gasteiger charge is -2.11. The Morgan fingerprint density at radius 3 is 2.22 bits per heavy atom. The number of rotatable bonds is 7. The minimum absolute atomic E-state index is 0.174. The van der Waals surface area contributed by atoms with Crippen molar-refractivity contribution in [1.29, 1.82) is 0 Å². The number of amides is 3. The second-order valence-electron chi connectivity index (χ2n) is 7.45. The summed E-state index contributed by atoms with van der Waals surface area (Å²) in [4.78, 5) is 49.7. The van der Waals surface area contributed by atoms with Crippen LogP contribution in [0.2, 0.25) is 0 Å². The summed E-state index contributed by atoms with van der Waals surface area (Å²) in [7, 11) is 0. The van der Waals surface area contributed by atoms with Gasteiger partial charge in [-0.25, -0.2) is 10.2 Å². The molecule has 1 aromatic heterocycles. The van der Waals surface area contributed by atoms with Crippen LogP contribution in [0.25, 0.3) is 0 Å². The van der Waals surface area contributed by atoms with Crippen molar-refractivity contribution in [1.82, 2.24) is 5.43 Å². The fourth-order valence-corrected chi connectivity index (χ4v) is 3.68. The SMILES string of the molecule is O=C(N/N=C/c1ccc(OC(=O)c2cccs2)cc1)C(=O)Nc1ccccc1C(=O)Nc1ccccc1. The second-order valence-corrected chi connectivity index (χ2v) is 8.40. The van der Waals surface area contributed by atoms with E-state index in [9.17, 15) is 19.2 Å². The molecule has 9 nitrogen and oxygen atoms in total. The summed E-state index contributed by atoms with van der Waals surface area (Å²) in [6, 6.07) is 25.0. The maximum atomic E-state index is 12.6. The molecule has 3 N–H and O–H groups in total. The molecule has 0 atom stereocenters. The van der Waals surface area contributed by atoms with Gasteiger partial charge in [0.1, 0.15) is 10.6 Å². The van der Waals surface area contributed by atoms with Crippen molar-refractivity contribution in [3.63, 3.8) is 0 Å². The first kappa shape index (κ1) is 25.0. The number of nitrogens with zero attached hydrogens (tertiary/aromatic N) is 1. The number of carbonyl (C=O) groups is 4. The van der Waals surface area contributed by atoms with Gasteiger partial charge in [-0.05, 0) is 65.5 Å². The Bertz CT molecular complexity index is 1440. The van der Waals surface area contributed by atoms with Gasteiger partial charge >= 0.3 is 17.8 Å². The Morgan fingerprint density at radius 1 is 0.757 bits per heavy atom. The quantitative estimate of drug-likeness (QED) is 0.112. The molecule has 3 aromatic carbocycles. The topological polar surface area (TPSA) is 126 Å². The smallest absolute Gasteiger partial charge is 0.353 e. The van der Waals surface area contributed by atoms with Crippen molar-refractivity contribution < 1.29 is 23.9 Å². The third-order valence-electron chi connectivity index (χ3n) is 4.85. The van der Waals surface area contributed by atoms with Crippen LogP contribution in [0.3, 0.4) is 0 Å². The molecule has 1 heterocycles. The van der Waals surface area contributed by atoms with Gasteiger partial charge in [-0.3, -0.25) is 14.4 Å². The lowest BCUT2D eigenvalue weighted by atomic mass is 10.1. The zero-order valence-electron chi connectivity index (χ0n) is 19.2. The summed E-state index contributed by atoms with van der Waals surface area (Å²) in [5, 5.41) is 10.7. The highest BCUT2D eigenvalue weighted by Crippen LogP contribution is 2.18. The molecule has 0 radical (unpaired) electrons. The van der Waals surface area contributed by atoms with Gasteiger partial charge in [-0.1, -0.05) is 36.4 Å². The summed E-state index contributed by atoms with van der Waals surface area (Å²) in [6.45, 7) is 0. The summed E-state index contributed by atoms with van der Waals surface area (Å²) >= 11 is 1.28. The third kappa shape index (κ3) is 6.96. The van der Waals surface area contributed by atoms with Gasteiger partial charge in [0.15, 0.2) is 0 Å². The van der Waals surface area contributed by atoms with Crippen molar-refractivity contribution in [3.8, 4) is 5.75 Å². The monoisotopic (exact) mass is 512 g/mol. The summed E-state index contributed by atoms with van der Waals surface area (Å²) in [5.41, 5.74) is 3.69. The van der Waals surface area contributed by atoms with Gasteiger partial charge in [0.2, 0.25) is 0 Å². The van der Waals surface area contributed by atoms with E-state index in [2.05, 4.69) is 21.2 Å². The highest BCUT2D eigenvalue weighted by atomic mass is 32.1. The minimum atomic E-state index is -1.02. The van der Waals surface area contributed by atoms with Crippen LogP contribution in [0.4, 0.5) is 11.4 Å². The predicted molar refractivity (Wildman–Crippen MR) is 141 cm³/mol. The Balaban J connectivity index is 1.30. The van der Waals surface area contributed by atoms with Crippen LogP contribution in [-0.2, 0) is 9.59 Å². The Hall–Kier alpha value is -5.09. The molecule has 10 heteroatoms. The average Bonchev–Trinajstić information content (AvgIpc) is 3.46. The molecule has 3 amide bonds. The summed E-state index contributed by atoms with van der Waals surface area (Å²) < 4.78 is 5.28. The summed E-state index contributed by atoms with van der Waals surface area (Å²) in [6.07, 6.45) is 1.33. The van der Waals surface area contributed by atoms with Crippen LogP contribution in [0, 0.1) is 0 Å². The first-order valence-electron chi connectivity index (χ1n) is 10.9. The number of hydrazone groups is 1. The number of nitrogens with one attached hydrogen (secondary N) is 3. The number of esters is 1. The average molecular weight is 513 g/mol. The zero-order chi connectivity index (χ0) is 26.0. The number of thiophene rings is 1. The van der Waals surface area contributed by atoms with Crippen LogP contribution in [0.5, 0.6) is 5.75 Å². The lowest BCUT2D eigenvalue weighted by molar-refractivity contribution is -0.136. The number of benzene rings is 3. The Kier molecular flexibility index (Phi) is 8.15. The van der Waals surface area contributed by atoms with E-state index in [1.807, 2.05) is 6.07 Å². The molecule has 0 unspecified atom stereocenters. The molecule has 0 fully saturated rings. The Morgan fingerprint density at radius 2 is 1.49 bits per heavy atom. The van der Waals surface area contributed by atoms with E-state index >= 15 is 0 Å². The van der Waals surface area contributed by atoms with Crippen molar-refractivity contribution in [2.45, 2.75) is 0 Å². The van der Waals surface area contributed by atoms with E-state index in [1.54, 1.807) is 78.2 Å². The van der Waals surface area contributed by atoms with E-state index < -0.39 is 23.7 Å². The van der Waals surface area contributed by atoms with Gasteiger partial charge < -0.3 is 15.4 Å². The number of hydrogen-bond acceptors (Lipinski definition) is 7. The van der Waals surface area contributed by atoms with Crippen LogP contribution >= 0.6 is 11.3 Å². The standard InChI is InChI=1S/C27H20N4O5S/c32-24(29-19-7-2-1-3-8-19)21-9-4-5-10-22(21)30-25(33)26(34)31-28-17-18-12-14-20(15-13-18)36-27(35)23-11-6-16-37-23/h1-17H,(H,29,32)(H,30,33)(H,31,34)/b28-17+. The van der Waals surface area contributed by atoms with Gasteiger partial charge in [0.05, 0.1) is 17.5 Å². The molecule has 184 valence electrons. The van der Waals surface area contributed by atoms with Crippen LogP contribution in [0.15, 0.2) is 101 Å². The van der Waals surface area contributed by atoms with Crippen molar-refractivity contribution in [3.05, 3.63) is 112 Å². The first-order chi connectivity index (χ1) is 18.0. The van der Waals surface area contributed by atoms with E-state index in [1.165, 1.54) is 29.7 Å². The molecule has 0 bridgehead atoms. The Labute approximate surface area is 215 Å². The zero-order valence-corrected chi connectivity index (χ0v) is 20.0. The maximum absolute atomic E-state index is 12.6. The number of ether oxygens (including phenoxy) is 1. The van der Waals surface area contributed by atoms with Gasteiger partial charge in [-0.2, -0.15) is 5.10 Å². The molecule has 0 saturated carbocycles. The molecule has 0 spiro atoms. The van der Waals surface area contributed by atoms with E-state index in [-0.39, 0.29) is 11.3 Å². The predicted octanol–water partition coefficient (Wildman–Crippen LogP) is 4.31. The second kappa shape index (κ2) is 12.0.